The van der Waals surface area contributed by atoms with E-state index >= 15 is 0 Å². The van der Waals surface area contributed by atoms with Gasteiger partial charge in [-0.05, 0) is 50.9 Å². The predicted molar refractivity (Wildman–Crippen MR) is 116 cm³/mol. The quantitative estimate of drug-likeness (QED) is 0.257. The van der Waals surface area contributed by atoms with Crippen LogP contribution in [0.15, 0.2) is 35.3 Å². The average Bonchev–Trinajstić information content (AvgIpc) is 3.15. The molecule has 5 nitrogen and oxygen atoms in total. The second-order valence-corrected chi connectivity index (χ2v) is 6.20. The molecule has 0 saturated carbocycles. The fraction of sp³-hybridized carbons (Fsp3) is 0.632. The molecule has 1 atom stereocenters. The summed E-state index contributed by atoms with van der Waals surface area (Å²) in [6.45, 7) is 7.26. The predicted octanol–water partition coefficient (Wildman–Crippen LogP) is 3.11. The maximum absolute atomic E-state index is 5.70. The first-order chi connectivity index (χ1) is 11.8. The molecule has 1 heterocycles. The van der Waals surface area contributed by atoms with Crippen LogP contribution in [-0.2, 0) is 0 Å². The maximum Gasteiger partial charge on any atom is 0.191 e. The van der Waals surface area contributed by atoms with E-state index in [1.807, 2.05) is 37.4 Å². The van der Waals surface area contributed by atoms with Crippen LogP contribution in [0.1, 0.15) is 32.6 Å². The Morgan fingerprint density at radius 1 is 1.20 bits per heavy atom. The van der Waals surface area contributed by atoms with Crippen molar-refractivity contribution in [1.82, 2.24) is 15.5 Å². The molecule has 0 amide bonds. The third-order valence-electron chi connectivity index (χ3n) is 4.48. The number of likely N-dealkylation sites (tertiary alicyclic amines) is 1. The molecular formula is C19H33IN4O. The van der Waals surface area contributed by atoms with Gasteiger partial charge >= 0.3 is 0 Å². The summed E-state index contributed by atoms with van der Waals surface area (Å²) in [5, 5.41) is 6.83. The number of ether oxygens (including phenoxy) is 1. The van der Waals surface area contributed by atoms with Crippen molar-refractivity contribution in [3.63, 3.8) is 0 Å². The van der Waals surface area contributed by atoms with Gasteiger partial charge in [0.1, 0.15) is 5.75 Å². The highest BCUT2D eigenvalue weighted by Gasteiger charge is 2.20. The van der Waals surface area contributed by atoms with Gasteiger partial charge in [0.15, 0.2) is 5.96 Å². The van der Waals surface area contributed by atoms with E-state index in [9.17, 15) is 0 Å². The number of guanidine groups is 1. The first-order valence-electron chi connectivity index (χ1n) is 9.20. The third kappa shape index (κ3) is 8.27. The lowest BCUT2D eigenvalue weighted by Gasteiger charge is -2.27. The van der Waals surface area contributed by atoms with E-state index < -0.39 is 0 Å². The molecule has 1 saturated heterocycles. The molecule has 2 rings (SSSR count). The number of hydrogen-bond acceptors (Lipinski definition) is 3. The van der Waals surface area contributed by atoms with Crippen molar-refractivity contribution in [1.29, 1.82) is 0 Å². The van der Waals surface area contributed by atoms with Crippen LogP contribution in [0.4, 0.5) is 0 Å². The molecule has 2 N–H and O–H groups in total. The largest absolute Gasteiger partial charge is 0.494 e. The number of nitrogens with one attached hydrogen (secondary N) is 2. The van der Waals surface area contributed by atoms with Crippen LogP contribution < -0.4 is 15.4 Å². The van der Waals surface area contributed by atoms with Gasteiger partial charge in [0.2, 0.25) is 0 Å². The molecule has 0 bridgehead atoms. The molecule has 1 aromatic carbocycles. The highest BCUT2D eigenvalue weighted by atomic mass is 127. The van der Waals surface area contributed by atoms with Crippen LogP contribution in [0.3, 0.4) is 0 Å². The maximum atomic E-state index is 5.70. The molecule has 1 aliphatic rings. The zero-order valence-corrected chi connectivity index (χ0v) is 17.9. The number of rotatable bonds is 9. The molecule has 1 aliphatic heterocycles. The smallest absolute Gasteiger partial charge is 0.191 e. The van der Waals surface area contributed by atoms with Gasteiger partial charge < -0.3 is 15.4 Å². The topological polar surface area (TPSA) is 48.9 Å². The van der Waals surface area contributed by atoms with Gasteiger partial charge in [-0.1, -0.05) is 25.1 Å². The zero-order valence-electron chi connectivity index (χ0n) is 15.5. The summed E-state index contributed by atoms with van der Waals surface area (Å²) in [7, 11) is 1.83. The fourth-order valence-electron chi connectivity index (χ4n) is 3.06. The molecular weight excluding hydrogens is 427 g/mol. The van der Waals surface area contributed by atoms with E-state index in [0.29, 0.717) is 12.6 Å². The standard InChI is InChI=1S/C19H32N4O.HI/c1-3-17(23-13-7-8-14-23)16-22-19(20-2)21-12-9-15-24-18-10-5-4-6-11-18;/h4-6,10-11,17H,3,7-9,12-16H2,1-2H3,(H2,20,21,22);1H. The van der Waals surface area contributed by atoms with Gasteiger partial charge in [0, 0.05) is 26.2 Å². The van der Waals surface area contributed by atoms with Crippen molar-refractivity contribution in [2.24, 2.45) is 4.99 Å². The van der Waals surface area contributed by atoms with Crippen molar-refractivity contribution in [3.8, 4) is 5.75 Å². The second kappa shape index (κ2) is 13.2. The summed E-state index contributed by atoms with van der Waals surface area (Å²) in [6, 6.07) is 10.5. The van der Waals surface area contributed by atoms with Crippen LogP contribution in [0.2, 0.25) is 0 Å². The summed E-state index contributed by atoms with van der Waals surface area (Å²) in [4.78, 5) is 6.90. The fourth-order valence-corrected chi connectivity index (χ4v) is 3.06. The van der Waals surface area contributed by atoms with E-state index in [2.05, 4.69) is 27.4 Å². The number of para-hydroxylation sites is 1. The van der Waals surface area contributed by atoms with E-state index in [1.54, 1.807) is 0 Å². The SMILES string of the molecule is CCC(CNC(=NC)NCCCOc1ccccc1)N1CCCC1.I. The Morgan fingerprint density at radius 3 is 2.56 bits per heavy atom. The van der Waals surface area contributed by atoms with Crippen molar-refractivity contribution < 1.29 is 4.74 Å². The Bertz CT molecular complexity index is 478. The summed E-state index contributed by atoms with van der Waals surface area (Å²) < 4.78 is 5.70. The lowest BCUT2D eigenvalue weighted by Crippen LogP contribution is -2.46. The Hall–Kier alpha value is -1.02. The lowest BCUT2D eigenvalue weighted by atomic mass is 10.2. The average molecular weight is 460 g/mol. The monoisotopic (exact) mass is 460 g/mol. The Balaban J connectivity index is 0.00000312. The highest BCUT2D eigenvalue weighted by Crippen LogP contribution is 2.13. The normalized spacial score (nSPS) is 16.2. The van der Waals surface area contributed by atoms with Crippen molar-refractivity contribution in [2.45, 2.75) is 38.6 Å². The molecule has 1 aromatic rings. The van der Waals surface area contributed by atoms with Crippen LogP contribution in [0.25, 0.3) is 0 Å². The Labute approximate surface area is 169 Å². The molecule has 6 heteroatoms. The van der Waals surface area contributed by atoms with Gasteiger partial charge in [0.05, 0.1) is 6.61 Å². The summed E-state index contributed by atoms with van der Waals surface area (Å²) >= 11 is 0. The van der Waals surface area contributed by atoms with Gasteiger partial charge in [-0.25, -0.2) is 0 Å². The summed E-state index contributed by atoms with van der Waals surface area (Å²) in [6.07, 6.45) is 4.80. The Kier molecular flexibility index (Phi) is 11.6. The van der Waals surface area contributed by atoms with E-state index in [1.165, 1.54) is 32.4 Å². The van der Waals surface area contributed by atoms with Crippen LogP contribution in [0.5, 0.6) is 5.75 Å². The number of hydrogen-bond donors (Lipinski definition) is 2. The second-order valence-electron chi connectivity index (χ2n) is 6.20. The van der Waals surface area contributed by atoms with Gasteiger partial charge in [0.25, 0.3) is 0 Å². The minimum absolute atomic E-state index is 0. The van der Waals surface area contributed by atoms with Crippen molar-refractivity contribution >= 4 is 29.9 Å². The minimum atomic E-state index is 0. The van der Waals surface area contributed by atoms with Crippen LogP contribution in [0, 0.1) is 0 Å². The van der Waals surface area contributed by atoms with Crippen LogP contribution >= 0.6 is 24.0 Å². The third-order valence-corrected chi connectivity index (χ3v) is 4.48. The molecule has 1 unspecified atom stereocenters. The first-order valence-corrected chi connectivity index (χ1v) is 9.20. The van der Waals surface area contributed by atoms with E-state index in [4.69, 9.17) is 4.74 Å². The Morgan fingerprint density at radius 2 is 1.92 bits per heavy atom. The number of benzene rings is 1. The van der Waals surface area contributed by atoms with E-state index in [-0.39, 0.29) is 24.0 Å². The molecule has 1 fully saturated rings. The molecule has 0 radical (unpaired) electrons. The molecule has 142 valence electrons. The van der Waals surface area contributed by atoms with Crippen LogP contribution in [-0.4, -0.2) is 56.7 Å². The van der Waals surface area contributed by atoms with Gasteiger partial charge in [-0.2, -0.15) is 0 Å². The molecule has 0 aliphatic carbocycles. The summed E-state index contributed by atoms with van der Waals surface area (Å²) in [5.41, 5.74) is 0. The molecule has 0 aromatic heterocycles. The van der Waals surface area contributed by atoms with Gasteiger partial charge in [-0.15, -0.1) is 24.0 Å². The number of aliphatic imine (C=N–C) groups is 1. The molecule has 25 heavy (non-hydrogen) atoms. The molecule has 0 spiro atoms. The number of halogens is 1. The van der Waals surface area contributed by atoms with Crippen molar-refractivity contribution in [3.05, 3.63) is 30.3 Å². The van der Waals surface area contributed by atoms with E-state index in [0.717, 1.165) is 31.2 Å². The van der Waals surface area contributed by atoms with Gasteiger partial charge in [-0.3, -0.25) is 9.89 Å². The van der Waals surface area contributed by atoms with Crippen molar-refractivity contribution in [2.75, 3.05) is 39.8 Å². The minimum Gasteiger partial charge on any atom is -0.494 e. The lowest BCUT2D eigenvalue weighted by molar-refractivity contribution is 0.236. The first kappa shape index (κ1) is 22.0. The number of nitrogens with zero attached hydrogens (tertiary/aromatic N) is 2. The summed E-state index contributed by atoms with van der Waals surface area (Å²) in [5.74, 6) is 1.81. The highest BCUT2D eigenvalue weighted by molar-refractivity contribution is 14.0. The zero-order chi connectivity index (χ0) is 17.0.